The van der Waals surface area contributed by atoms with Gasteiger partial charge in [0.1, 0.15) is 6.10 Å². The molecule has 0 aromatic carbocycles. The van der Waals surface area contributed by atoms with Gasteiger partial charge in [-0.05, 0) is 31.2 Å². The van der Waals surface area contributed by atoms with Crippen LogP contribution in [0.15, 0.2) is 24.4 Å². The molecule has 2 bridgehead atoms. The maximum absolute atomic E-state index is 12.8. The zero-order chi connectivity index (χ0) is 17.1. The lowest BCUT2D eigenvalue weighted by atomic mass is 9.86. The summed E-state index contributed by atoms with van der Waals surface area (Å²) in [7, 11) is 0. The van der Waals surface area contributed by atoms with Crippen LogP contribution in [0, 0.1) is 5.92 Å². The average Bonchev–Trinajstić information content (AvgIpc) is 2.92. The molecule has 3 aliphatic rings. The minimum Gasteiger partial charge on any atom is -0.474 e. The fraction of sp³-hybridized carbons (Fsp3) is 0.714. The molecule has 136 valence electrons. The Hall–Kier alpha value is -1.58. The highest BCUT2D eigenvalue weighted by molar-refractivity contribution is 5.77. The quantitative estimate of drug-likeness (QED) is 0.799. The van der Waals surface area contributed by atoms with Crippen LogP contribution in [0.2, 0.25) is 0 Å². The van der Waals surface area contributed by atoms with Crippen LogP contribution in [0.3, 0.4) is 0 Å². The maximum atomic E-state index is 12.8. The van der Waals surface area contributed by atoms with Crippen LogP contribution in [0.25, 0.3) is 0 Å². The maximum Gasteiger partial charge on any atom is 0.223 e. The van der Waals surface area contributed by atoms with Gasteiger partial charge in [-0.25, -0.2) is 4.98 Å². The van der Waals surface area contributed by atoms with Gasteiger partial charge < -0.3 is 9.64 Å². The molecule has 2 atom stereocenters. The number of carbonyl (C=O) groups excluding carboxylic acids is 1. The molecule has 0 N–H and O–H groups in total. The first-order valence-corrected chi connectivity index (χ1v) is 10.2. The fourth-order valence-electron chi connectivity index (χ4n) is 5.15. The predicted molar refractivity (Wildman–Crippen MR) is 97.4 cm³/mol. The summed E-state index contributed by atoms with van der Waals surface area (Å²) in [5.74, 6) is 1.90. The van der Waals surface area contributed by atoms with Crippen LogP contribution >= 0.6 is 0 Å². The number of hydrogen-bond donors (Lipinski definition) is 0. The van der Waals surface area contributed by atoms with Gasteiger partial charge in [-0.2, -0.15) is 0 Å². The van der Waals surface area contributed by atoms with Crippen LogP contribution in [-0.2, 0) is 4.79 Å². The van der Waals surface area contributed by atoms with E-state index in [1.807, 2.05) is 18.2 Å². The number of rotatable bonds is 5. The molecule has 4 heteroatoms. The first-order chi connectivity index (χ1) is 12.3. The van der Waals surface area contributed by atoms with E-state index in [1.54, 1.807) is 6.20 Å². The molecule has 1 aromatic rings. The Bertz CT molecular complexity index is 557. The van der Waals surface area contributed by atoms with Crippen molar-refractivity contribution in [2.45, 2.75) is 88.8 Å². The molecule has 0 spiro atoms. The van der Waals surface area contributed by atoms with Crippen molar-refractivity contribution in [3.8, 4) is 5.88 Å². The van der Waals surface area contributed by atoms with Gasteiger partial charge in [0.2, 0.25) is 11.8 Å². The third-order valence-electron chi connectivity index (χ3n) is 6.39. The van der Waals surface area contributed by atoms with Gasteiger partial charge in [0.25, 0.3) is 0 Å². The van der Waals surface area contributed by atoms with Crippen molar-refractivity contribution in [3.63, 3.8) is 0 Å². The summed E-state index contributed by atoms with van der Waals surface area (Å²) in [4.78, 5) is 19.3. The van der Waals surface area contributed by atoms with Crippen LogP contribution in [-0.4, -0.2) is 34.0 Å². The Balaban J connectivity index is 1.30. The summed E-state index contributed by atoms with van der Waals surface area (Å²) in [6.07, 6.45) is 14.8. The monoisotopic (exact) mass is 342 g/mol. The summed E-state index contributed by atoms with van der Waals surface area (Å²) in [5.41, 5.74) is 0. The van der Waals surface area contributed by atoms with Crippen LogP contribution < -0.4 is 4.74 Å². The largest absolute Gasteiger partial charge is 0.474 e. The van der Waals surface area contributed by atoms with Gasteiger partial charge >= 0.3 is 0 Å². The molecule has 0 radical (unpaired) electrons. The number of nitrogens with zero attached hydrogens (tertiary/aromatic N) is 2. The first kappa shape index (κ1) is 16.9. The van der Waals surface area contributed by atoms with Crippen molar-refractivity contribution < 1.29 is 9.53 Å². The standard InChI is InChI=1S/C21H30N2O2/c24-21(12-9-16-6-2-1-3-7-16)23-17-10-11-18(23)15-19(14-17)25-20-8-4-5-13-22-20/h4-5,8,13,16-19H,1-3,6-7,9-12,14-15H2. The SMILES string of the molecule is O=C(CCC1CCCCC1)N1C2CCC1CC(Oc1ccccn1)C2. The van der Waals surface area contributed by atoms with E-state index < -0.39 is 0 Å². The number of pyridine rings is 1. The van der Waals surface area contributed by atoms with E-state index >= 15 is 0 Å². The molecule has 4 nitrogen and oxygen atoms in total. The second kappa shape index (κ2) is 7.76. The molecular formula is C21H30N2O2. The van der Waals surface area contributed by atoms with Gasteiger partial charge in [0.15, 0.2) is 0 Å². The third kappa shape index (κ3) is 3.99. The van der Waals surface area contributed by atoms with Gasteiger partial charge in [0.05, 0.1) is 0 Å². The number of fused-ring (bicyclic) bond motifs is 2. The zero-order valence-corrected chi connectivity index (χ0v) is 15.1. The summed E-state index contributed by atoms with van der Waals surface area (Å²) in [6, 6.07) is 6.55. The number of amides is 1. The van der Waals surface area contributed by atoms with Crippen molar-refractivity contribution in [3.05, 3.63) is 24.4 Å². The van der Waals surface area contributed by atoms with Gasteiger partial charge in [-0.15, -0.1) is 0 Å². The van der Waals surface area contributed by atoms with E-state index in [9.17, 15) is 4.79 Å². The number of aromatic nitrogens is 1. The topological polar surface area (TPSA) is 42.4 Å². The number of ether oxygens (including phenoxy) is 1. The van der Waals surface area contributed by atoms with Crippen molar-refractivity contribution in [2.75, 3.05) is 0 Å². The van der Waals surface area contributed by atoms with E-state index in [0.29, 0.717) is 23.9 Å². The molecule has 4 rings (SSSR count). The van der Waals surface area contributed by atoms with Crippen molar-refractivity contribution in [1.82, 2.24) is 9.88 Å². The molecule has 1 aromatic heterocycles. The number of carbonyl (C=O) groups is 1. The Kier molecular flexibility index (Phi) is 5.23. The lowest BCUT2D eigenvalue weighted by Crippen LogP contribution is -2.49. The lowest BCUT2D eigenvalue weighted by Gasteiger charge is -2.39. The van der Waals surface area contributed by atoms with Crippen molar-refractivity contribution in [1.29, 1.82) is 0 Å². The molecule has 3 heterocycles. The second-order valence-corrected chi connectivity index (χ2v) is 8.11. The highest BCUT2D eigenvalue weighted by Gasteiger charge is 2.43. The van der Waals surface area contributed by atoms with Gasteiger partial charge in [-0.3, -0.25) is 4.79 Å². The summed E-state index contributed by atoms with van der Waals surface area (Å²) in [5, 5.41) is 0. The Labute approximate surface area is 151 Å². The molecule has 2 aliphatic heterocycles. The molecular weight excluding hydrogens is 312 g/mol. The number of piperidine rings is 1. The minimum absolute atomic E-state index is 0.204. The highest BCUT2D eigenvalue weighted by Crippen LogP contribution is 2.38. The van der Waals surface area contributed by atoms with Crippen molar-refractivity contribution >= 4 is 5.91 Å². The summed E-state index contributed by atoms with van der Waals surface area (Å²) < 4.78 is 6.07. The van der Waals surface area contributed by atoms with E-state index in [0.717, 1.165) is 44.4 Å². The molecule has 2 saturated heterocycles. The zero-order valence-electron chi connectivity index (χ0n) is 15.1. The van der Waals surface area contributed by atoms with Crippen LogP contribution in [0.4, 0.5) is 0 Å². The van der Waals surface area contributed by atoms with E-state index in [-0.39, 0.29) is 6.10 Å². The summed E-state index contributed by atoms with van der Waals surface area (Å²) >= 11 is 0. The summed E-state index contributed by atoms with van der Waals surface area (Å²) in [6.45, 7) is 0. The first-order valence-electron chi connectivity index (χ1n) is 10.2. The Morgan fingerprint density at radius 3 is 2.52 bits per heavy atom. The highest BCUT2D eigenvalue weighted by atomic mass is 16.5. The van der Waals surface area contributed by atoms with Crippen molar-refractivity contribution in [2.24, 2.45) is 5.92 Å². The Morgan fingerprint density at radius 1 is 1.08 bits per heavy atom. The molecule has 25 heavy (non-hydrogen) atoms. The minimum atomic E-state index is 0.204. The smallest absolute Gasteiger partial charge is 0.223 e. The normalized spacial score (nSPS) is 29.6. The predicted octanol–water partition coefficient (Wildman–Crippen LogP) is 4.34. The van der Waals surface area contributed by atoms with E-state index in [4.69, 9.17) is 4.74 Å². The molecule has 1 amide bonds. The number of hydrogen-bond acceptors (Lipinski definition) is 3. The van der Waals surface area contributed by atoms with Crippen LogP contribution in [0.1, 0.15) is 70.6 Å². The second-order valence-electron chi connectivity index (χ2n) is 8.11. The van der Waals surface area contributed by atoms with Gasteiger partial charge in [-0.1, -0.05) is 38.2 Å². The Morgan fingerprint density at radius 2 is 1.84 bits per heavy atom. The van der Waals surface area contributed by atoms with E-state index in [2.05, 4.69) is 9.88 Å². The van der Waals surface area contributed by atoms with Gasteiger partial charge in [0, 0.05) is 43.6 Å². The van der Waals surface area contributed by atoms with E-state index in [1.165, 1.54) is 32.1 Å². The molecule has 1 aliphatic carbocycles. The fourth-order valence-corrected chi connectivity index (χ4v) is 5.15. The van der Waals surface area contributed by atoms with Crippen LogP contribution in [0.5, 0.6) is 5.88 Å². The third-order valence-corrected chi connectivity index (χ3v) is 6.39. The average molecular weight is 342 g/mol. The molecule has 2 unspecified atom stereocenters. The molecule has 1 saturated carbocycles. The molecule has 3 fully saturated rings. The lowest BCUT2D eigenvalue weighted by molar-refractivity contribution is -0.137.